The van der Waals surface area contributed by atoms with Gasteiger partial charge in [-0.3, -0.25) is 4.79 Å². The Morgan fingerprint density at radius 2 is 1.93 bits per heavy atom. The molecule has 1 saturated heterocycles. The first-order chi connectivity index (χ1) is 6.61. The molecule has 0 aliphatic carbocycles. The van der Waals surface area contributed by atoms with E-state index in [9.17, 15) is 20.1 Å². The van der Waals surface area contributed by atoms with Crippen molar-refractivity contribution < 1.29 is 30.0 Å². The average molecular weight is 207 g/mol. The van der Waals surface area contributed by atoms with Gasteiger partial charge in [0, 0.05) is 0 Å². The van der Waals surface area contributed by atoms with Crippen molar-refractivity contribution in [2.45, 2.75) is 30.6 Å². The minimum absolute atomic E-state index is 0.284. The van der Waals surface area contributed by atoms with Gasteiger partial charge in [0.15, 0.2) is 6.29 Å². The Hall–Kier alpha value is -0.730. The van der Waals surface area contributed by atoms with E-state index in [1.807, 2.05) is 0 Å². The topological polar surface area (TPSA) is 119 Å². The molecule has 0 saturated carbocycles. The number of rotatable bonds is 3. The minimum Gasteiger partial charge on any atom is -0.394 e. The van der Waals surface area contributed by atoms with Crippen LogP contribution in [0.3, 0.4) is 0 Å². The highest BCUT2D eigenvalue weighted by Gasteiger charge is 2.43. The Morgan fingerprint density at radius 1 is 1.29 bits per heavy atom. The Bertz CT molecular complexity index is 201. The summed E-state index contributed by atoms with van der Waals surface area (Å²) in [6.45, 7) is -0.525. The molecule has 7 nitrogen and oxygen atoms in total. The number of nitrogens with one attached hydrogen (secondary N) is 1. The van der Waals surface area contributed by atoms with Crippen LogP contribution < -0.4 is 5.32 Å². The summed E-state index contributed by atoms with van der Waals surface area (Å²) < 4.78 is 4.76. The molecule has 1 unspecified atom stereocenters. The van der Waals surface area contributed by atoms with Gasteiger partial charge in [-0.15, -0.1) is 0 Å². The van der Waals surface area contributed by atoms with Crippen LogP contribution in [0, 0.1) is 0 Å². The molecule has 82 valence electrons. The normalized spacial score (nSPS) is 43.3. The van der Waals surface area contributed by atoms with Gasteiger partial charge in [0.2, 0.25) is 6.41 Å². The fraction of sp³-hybridized carbons (Fsp3) is 0.857. The van der Waals surface area contributed by atoms with E-state index in [1.54, 1.807) is 0 Å². The van der Waals surface area contributed by atoms with Crippen molar-refractivity contribution >= 4 is 6.41 Å². The van der Waals surface area contributed by atoms with Gasteiger partial charge in [0.1, 0.15) is 24.4 Å². The number of carbonyl (C=O) groups excluding carboxylic acids is 1. The van der Waals surface area contributed by atoms with Gasteiger partial charge in [-0.1, -0.05) is 0 Å². The zero-order valence-electron chi connectivity index (χ0n) is 7.28. The van der Waals surface area contributed by atoms with Gasteiger partial charge in [-0.25, -0.2) is 0 Å². The van der Waals surface area contributed by atoms with Crippen LogP contribution in [0.2, 0.25) is 0 Å². The molecule has 0 bridgehead atoms. The lowest BCUT2D eigenvalue weighted by atomic mass is 9.97. The SMILES string of the molecule is O=CN[C@H]1C(O)O[C@H](CO)[C@@H](O)[C@@H]1O. The molecule has 0 aromatic carbocycles. The van der Waals surface area contributed by atoms with Crippen molar-refractivity contribution in [3.8, 4) is 0 Å². The minimum atomic E-state index is -1.45. The van der Waals surface area contributed by atoms with E-state index < -0.39 is 37.3 Å². The molecule has 1 amide bonds. The summed E-state index contributed by atoms with van der Waals surface area (Å²) in [5.74, 6) is 0. The highest BCUT2D eigenvalue weighted by molar-refractivity contribution is 5.47. The summed E-state index contributed by atoms with van der Waals surface area (Å²) in [6.07, 6.45) is -4.94. The second-order valence-electron chi connectivity index (χ2n) is 3.04. The third kappa shape index (κ3) is 2.02. The van der Waals surface area contributed by atoms with Crippen molar-refractivity contribution in [2.24, 2.45) is 0 Å². The Balaban J connectivity index is 2.68. The van der Waals surface area contributed by atoms with E-state index in [-0.39, 0.29) is 6.41 Å². The van der Waals surface area contributed by atoms with E-state index in [1.165, 1.54) is 0 Å². The lowest BCUT2D eigenvalue weighted by molar-refractivity contribution is -0.253. The van der Waals surface area contributed by atoms with E-state index in [0.29, 0.717) is 0 Å². The fourth-order valence-electron chi connectivity index (χ4n) is 1.36. The summed E-state index contributed by atoms with van der Waals surface area (Å²) in [7, 11) is 0. The molecule has 1 rings (SSSR count). The van der Waals surface area contributed by atoms with Crippen LogP contribution in [0.1, 0.15) is 0 Å². The first-order valence-corrected chi connectivity index (χ1v) is 4.12. The summed E-state index contributed by atoms with van der Waals surface area (Å²) in [5.41, 5.74) is 0. The molecule has 5 N–H and O–H groups in total. The highest BCUT2D eigenvalue weighted by Crippen LogP contribution is 2.19. The smallest absolute Gasteiger partial charge is 0.207 e. The lowest BCUT2D eigenvalue weighted by Crippen LogP contribution is -2.63. The predicted octanol–water partition coefficient (Wildman–Crippen LogP) is -3.47. The molecule has 7 heteroatoms. The maximum Gasteiger partial charge on any atom is 0.207 e. The molecular weight excluding hydrogens is 194 g/mol. The van der Waals surface area contributed by atoms with Crippen molar-refractivity contribution in [1.82, 2.24) is 5.32 Å². The van der Waals surface area contributed by atoms with Gasteiger partial charge in [-0.2, -0.15) is 0 Å². The van der Waals surface area contributed by atoms with Crippen LogP contribution in [-0.4, -0.2) is 64.1 Å². The molecule has 0 radical (unpaired) electrons. The van der Waals surface area contributed by atoms with Crippen molar-refractivity contribution in [2.75, 3.05) is 6.61 Å². The number of ether oxygens (including phenoxy) is 1. The van der Waals surface area contributed by atoms with Crippen LogP contribution in [-0.2, 0) is 9.53 Å². The van der Waals surface area contributed by atoms with E-state index in [4.69, 9.17) is 9.84 Å². The monoisotopic (exact) mass is 207 g/mol. The van der Waals surface area contributed by atoms with Gasteiger partial charge >= 0.3 is 0 Å². The highest BCUT2D eigenvalue weighted by atomic mass is 16.6. The Labute approximate surface area is 79.9 Å². The molecule has 1 heterocycles. The zero-order chi connectivity index (χ0) is 10.7. The van der Waals surface area contributed by atoms with Crippen LogP contribution in [0.5, 0.6) is 0 Å². The Morgan fingerprint density at radius 3 is 2.43 bits per heavy atom. The number of hydrogen-bond acceptors (Lipinski definition) is 6. The van der Waals surface area contributed by atoms with Gasteiger partial charge in [0.25, 0.3) is 0 Å². The molecule has 1 aliphatic heterocycles. The third-order valence-electron chi connectivity index (χ3n) is 2.16. The van der Waals surface area contributed by atoms with Crippen molar-refractivity contribution in [3.63, 3.8) is 0 Å². The summed E-state index contributed by atoms with van der Waals surface area (Å²) in [6, 6.07) is -1.09. The molecule has 0 aromatic heterocycles. The second kappa shape index (κ2) is 4.67. The predicted molar refractivity (Wildman–Crippen MR) is 43.0 cm³/mol. The zero-order valence-corrected chi connectivity index (χ0v) is 7.28. The summed E-state index contributed by atoms with van der Waals surface area (Å²) in [4.78, 5) is 10.1. The Kier molecular flexibility index (Phi) is 3.78. The number of aliphatic hydroxyl groups is 4. The van der Waals surface area contributed by atoms with Crippen LogP contribution >= 0.6 is 0 Å². The van der Waals surface area contributed by atoms with E-state index in [0.717, 1.165) is 0 Å². The van der Waals surface area contributed by atoms with E-state index >= 15 is 0 Å². The molecule has 0 aromatic rings. The largest absolute Gasteiger partial charge is 0.394 e. The molecule has 5 atom stereocenters. The third-order valence-corrected chi connectivity index (χ3v) is 2.16. The second-order valence-corrected chi connectivity index (χ2v) is 3.04. The van der Waals surface area contributed by atoms with Crippen molar-refractivity contribution in [1.29, 1.82) is 0 Å². The quantitative estimate of drug-likeness (QED) is 0.307. The summed E-state index contributed by atoms with van der Waals surface area (Å²) >= 11 is 0. The first kappa shape index (κ1) is 11.3. The number of hydrogen-bond donors (Lipinski definition) is 5. The average Bonchev–Trinajstić information content (AvgIpc) is 2.18. The maximum atomic E-state index is 10.1. The standard InChI is InChI=1S/C7H13NO6/c9-1-3-5(11)6(12)4(8-2-10)7(13)14-3/h2-7,9,11-13H,1H2,(H,8,10)/t3-,4-,5-,6-,7?/m1/s1. The lowest BCUT2D eigenvalue weighted by Gasteiger charge is -2.39. The van der Waals surface area contributed by atoms with Gasteiger partial charge < -0.3 is 30.5 Å². The molecular formula is C7H13NO6. The van der Waals surface area contributed by atoms with Crippen LogP contribution in [0.4, 0.5) is 0 Å². The van der Waals surface area contributed by atoms with Gasteiger partial charge in [0.05, 0.1) is 6.61 Å². The molecule has 1 fully saturated rings. The number of aliphatic hydroxyl groups excluding tert-OH is 4. The fourth-order valence-corrected chi connectivity index (χ4v) is 1.36. The molecule has 14 heavy (non-hydrogen) atoms. The van der Waals surface area contributed by atoms with E-state index in [2.05, 4.69) is 5.32 Å². The number of amides is 1. The first-order valence-electron chi connectivity index (χ1n) is 4.12. The molecule has 0 spiro atoms. The summed E-state index contributed by atoms with van der Waals surface area (Å²) in [5, 5.41) is 38.9. The number of carbonyl (C=O) groups is 1. The maximum absolute atomic E-state index is 10.1. The van der Waals surface area contributed by atoms with Crippen molar-refractivity contribution in [3.05, 3.63) is 0 Å². The van der Waals surface area contributed by atoms with Crippen LogP contribution in [0.15, 0.2) is 0 Å². The van der Waals surface area contributed by atoms with Crippen LogP contribution in [0.25, 0.3) is 0 Å². The van der Waals surface area contributed by atoms with Gasteiger partial charge in [-0.05, 0) is 0 Å². The molecule has 1 aliphatic rings.